The molecule has 0 fully saturated rings. The molecule has 5 rings (SSSR count). The highest BCUT2D eigenvalue weighted by molar-refractivity contribution is 5.92. The van der Waals surface area contributed by atoms with Crippen molar-refractivity contribution in [2.45, 2.75) is 12.8 Å². The monoisotopic (exact) mass is 399 g/mol. The second-order valence-corrected chi connectivity index (χ2v) is 6.63. The zero-order valence-corrected chi connectivity index (χ0v) is 15.9. The Morgan fingerprint density at radius 1 is 0.967 bits per heavy atom. The average molecular weight is 399 g/mol. The van der Waals surface area contributed by atoms with Crippen LogP contribution in [0.2, 0.25) is 0 Å². The molecule has 3 heterocycles. The van der Waals surface area contributed by atoms with Gasteiger partial charge in [0.25, 0.3) is 0 Å². The zero-order chi connectivity index (χ0) is 20.3. The van der Waals surface area contributed by atoms with Gasteiger partial charge in [0.05, 0.1) is 17.3 Å². The number of rotatable bonds is 6. The van der Waals surface area contributed by atoms with Crippen LogP contribution < -0.4 is 5.32 Å². The second-order valence-electron chi connectivity index (χ2n) is 6.63. The molecule has 0 radical (unpaired) electrons. The minimum absolute atomic E-state index is 0.178. The maximum absolute atomic E-state index is 12.6. The van der Waals surface area contributed by atoms with Crippen molar-refractivity contribution >= 4 is 22.9 Å². The number of para-hydroxylation sites is 3. The molecule has 0 aliphatic carbocycles. The first-order valence-corrected chi connectivity index (χ1v) is 9.47. The summed E-state index contributed by atoms with van der Waals surface area (Å²) in [5.41, 5.74) is 2.64. The first-order valence-electron chi connectivity index (χ1n) is 9.47. The van der Waals surface area contributed by atoms with Crippen LogP contribution >= 0.6 is 0 Å². The van der Waals surface area contributed by atoms with Crippen LogP contribution in [-0.4, -0.2) is 25.6 Å². The summed E-state index contributed by atoms with van der Waals surface area (Å²) < 4.78 is 12.4. The highest BCUT2D eigenvalue weighted by atomic mass is 16.5. The number of carbonyl (C=O) groups is 1. The number of nitrogens with zero attached hydrogens (tertiary/aromatic N) is 4. The number of fused-ring (bicyclic) bond motifs is 1. The van der Waals surface area contributed by atoms with Crippen molar-refractivity contribution in [3.63, 3.8) is 0 Å². The van der Waals surface area contributed by atoms with Crippen LogP contribution in [0.15, 0.2) is 81.9 Å². The van der Waals surface area contributed by atoms with Crippen molar-refractivity contribution in [3.05, 3.63) is 78.9 Å². The van der Waals surface area contributed by atoms with E-state index >= 15 is 0 Å². The Bertz CT molecular complexity index is 1290. The highest BCUT2D eigenvalue weighted by Crippen LogP contribution is 2.24. The quantitative estimate of drug-likeness (QED) is 0.458. The van der Waals surface area contributed by atoms with Gasteiger partial charge in [-0.15, -0.1) is 0 Å². The summed E-state index contributed by atoms with van der Waals surface area (Å²) in [5.74, 6) is 1.52. The van der Waals surface area contributed by atoms with Gasteiger partial charge in [-0.2, -0.15) is 4.98 Å². The van der Waals surface area contributed by atoms with Crippen LogP contribution in [0.25, 0.3) is 28.3 Å². The van der Waals surface area contributed by atoms with Gasteiger partial charge in [0, 0.05) is 18.5 Å². The topological polar surface area (TPSA) is 99.0 Å². The molecule has 148 valence electrons. The van der Waals surface area contributed by atoms with E-state index in [9.17, 15) is 4.79 Å². The fourth-order valence-corrected chi connectivity index (χ4v) is 3.22. The van der Waals surface area contributed by atoms with Crippen molar-refractivity contribution in [1.82, 2.24) is 19.7 Å². The molecule has 3 aromatic heterocycles. The number of hydrogen-bond acceptors (Lipinski definition) is 6. The van der Waals surface area contributed by atoms with Crippen LogP contribution in [0, 0.1) is 0 Å². The molecule has 0 atom stereocenters. The molecule has 0 saturated heterocycles. The number of anilines is 1. The van der Waals surface area contributed by atoms with Gasteiger partial charge < -0.3 is 8.94 Å². The molecule has 8 nitrogen and oxygen atoms in total. The highest BCUT2D eigenvalue weighted by Gasteiger charge is 2.16. The Kier molecular flexibility index (Phi) is 4.57. The summed E-state index contributed by atoms with van der Waals surface area (Å²) in [6, 6.07) is 21.0. The number of nitrogens with one attached hydrogen (secondary N) is 1. The van der Waals surface area contributed by atoms with Crippen molar-refractivity contribution in [1.29, 1.82) is 0 Å². The van der Waals surface area contributed by atoms with Gasteiger partial charge in [0.2, 0.25) is 23.6 Å². The molecular formula is C22H17N5O3. The van der Waals surface area contributed by atoms with Gasteiger partial charge in [-0.1, -0.05) is 35.5 Å². The Hall–Kier alpha value is -4.20. The van der Waals surface area contributed by atoms with Crippen LogP contribution in [0.5, 0.6) is 0 Å². The summed E-state index contributed by atoms with van der Waals surface area (Å²) in [4.78, 5) is 21.5. The van der Waals surface area contributed by atoms with E-state index in [1.807, 2.05) is 59.2 Å². The van der Waals surface area contributed by atoms with E-state index in [1.165, 1.54) is 6.26 Å². The summed E-state index contributed by atoms with van der Waals surface area (Å²) in [7, 11) is 0. The molecule has 0 aliphatic heterocycles. The number of aromatic nitrogens is 4. The normalized spacial score (nSPS) is 11.1. The van der Waals surface area contributed by atoms with E-state index < -0.39 is 0 Å². The van der Waals surface area contributed by atoms with Gasteiger partial charge in [-0.05, 0) is 36.4 Å². The lowest BCUT2D eigenvalue weighted by molar-refractivity contribution is -0.116. The molecule has 8 heteroatoms. The lowest BCUT2D eigenvalue weighted by Gasteiger charge is -2.09. The number of carbonyl (C=O) groups excluding carboxylic acids is 1. The Morgan fingerprint density at radius 3 is 2.63 bits per heavy atom. The number of aryl methyl sites for hydroxylation is 1. The standard InChI is InChI=1S/C22H17N5O3/c28-19(12-13-20-25-21(26-30-20)18-11-6-14-29-18)24-22-23-16-9-4-5-10-17(16)27(22)15-7-2-1-3-8-15/h1-11,14H,12-13H2,(H,23,24,28). The van der Waals surface area contributed by atoms with Gasteiger partial charge in [0.1, 0.15) is 0 Å². The largest absolute Gasteiger partial charge is 0.461 e. The second kappa shape index (κ2) is 7.67. The summed E-state index contributed by atoms with van der Waals surface area (Å²) in [5, 5.41) is 6.78. The molecule has 30 heavy (non-hydrogen) atoms. The SMILES string of the molecule is O=C(CCc1nc(-c2ccco2)no1)Nc1nc2ccccc2n1-c1ccccc1. The van der Waals surface area contributed by atoms with E-state index in [0.717, 1.165) is 16.7 Å². The van der Waals surface area contributed by atoms with E-state index in [4.69, 9.17) is 8.94 Å². The average Bonchev–Trinajstić information content (AvgIpc) is 3.52. The minimum atomic E-state index is -0.194. The van der Waals surface area contributed by atoms with Gasteiger partial charge in [-0.3, -0.25) is 14.7 Å². The Labute approximate surface area is 171 Å². The number of imidazole rings is 1. The lowest BCUT2D eigenvalue weighted by Crippen LogP contribution is -2.16. The number of hydrogen-bond donors (Lipinski definition) is 1. The summed E-state index contributed by atoms with van der Waals surface area (Å²) >= 11 is 0. The zero-order valence-electron chi connectivity index (χ0n) is 15.9. The number of benzene rings is 2. The third-order valence-electron chi connectivity index (χ3n) is 4.60. The predicted molar refractivity (Wildman–Crippen MR) is 110 cm³/mol. The van der Waals surface area contributed by atoms with Crippen LogP contribution in [0.1, 0.15) is 12.3 Å². The molecule has 0 saturated carbocycles. The maximum atomic E-state index is 12.6. The number of furan rings is 1. The molecule has 5 aromatic rings. The summed E-state index contributed by atoms with van der Waals surface area (Å²) in [6.07, 6.45) is 2.03. The molecule has 1 N–H and O–H groups in total. The molecule has 2 aromatic carbocycles. The van der Waals surface area contributed by atoms with Crippen molar-refractivity contribution in [2.75, 3.05) is 5.32 Å². The lowest BCUT2D eigenvalue weighted by atomic mass is 10.3. The molecule has 0 spiro atoms. The fraction of sp³-hybridized carbons (Fsp3) is 0.0909. The summed E-state index contributed by atoms with van der Waals surface area (Å²) in [6.45, 7) is 0. The Morgan fingerprint density at radius 2 is 1.80 bits per heavy atom. The third-order valence-corrected chi connectivity index (χ3v) is 4.60. The van der Waals surface area contributed by atoms with E-state index in [1.54, 1.807) is 12.1 Å². The predicted octanol–water partition coefficient (Wildman–Crippen LogP) is 4.24. The van der Waals surface area contributed by atoms with Gasteiger partial charge >= 0.3 is 0 Å². The molecule has 0 unspecified atom stereocenters. The number of amides is 1. The van der Waals surface area contributed by atoms with Gasteiger partial charge in [-0.25, -0.2) is 4.98 Å². The molecule has 0 aliphatic rings. The first kappa shape index (κ1) is 17.9. The van der Waals surface area contributed by atoms with Crippen molar-refractivity contribution < 1.29 is 13.7 Å². The van der Waals surface area contributed by atoms with Crippen LogP contribution in [0.4, 0.5) is 5.95 Å². The van der Waals surface area contributed by atoms with Crippen molar-refractivity contribution in [3.8, 4) is 17.3 Å². The van der Waals surface area contributed by atoms with E-state index in [2.05, 4.69) is 20.4 Å². The van der Waals surface area contributed by atoms with Gasteiger partial charge in [0.15, 0.2) is 5.76 Å². The Balaban J connectivity index is 1.34. The van der Waals surface area contributed by atoms with E-state index in [0.29, 0.717) is 29.8 Å². The maximum Gasteiger partial charge on any atom is 0.238 e. The fourth-order valence-electron chi connectivity index (χ4n) is 3.22. The first-order chi connectivity index (χ1) is 14.8. The molecule has 1 amide bonds. The molecule has 0 bridgehead atoms. The van der Waals surface area contributed by atoms with Crippen molar-refractivity contribution in [2.24, 2.45) is 0 Å². The minimum Gasteiger partial charge on any atom is -0.461 e. The van der Waals surface area contributed by atoms with Crippen LogP contribution in [0.3, 0.4) is 0 Å². The van der Waals surface area contributed by atoms with Crippen LogP contribution in [-0.2, 0) is 11.2 Å². The van der Waals surface area contributed by atoms with E-state index in [-0.39, 0.29) is 12.3 Å². The third kappa shape index (κ3) is 3.46. The smallest absolute Gasteiger partial charge is 0.238 e. The molecular weight excluding hydrogens is 382 g/mol.